The van der Waals surface area contributed by atoms with E-state index < -0.39 is 5.44 Å². The molecule has 1 N–H and O–H groups in total. The van der Waals surface area contributed by atoms with Crippen LogP contribution in [0.5, 0.6) is 0 Å². The van der Waals surface area contributed by atoms with Crippen LogP contribution in [0.15, 0.2) is 11.4 Å². The average molecular weight is 185 g/mol. The second kappa shape index (κ2) is 4.52. The van der Waals surface area contributed by atoms with Crippen LogP contribution in [0.2, 0.25) is 0 Å². The Kier molecular flexibility index (Phi) is 3.62. The summed E-state index contributed by atoms with van der Waals surface area (Å²) in [4.78, 5) is 7.12. The molecular weight excluding hydrogens is 172 g/mol. The molecule has 1 aromatic rings. The van der Waals surface area contributed by atoms with Crippen LogP contribution < -0.4 is 0 Å². The van der Waals surface area contributed by atoms with Gasteiger partial charge in [0.2, 0.25) is 0 Å². The molecule has 0 bridgehead atoms. The predicted octanol–water partition coefficient (Wildman–Crippen LogP) is 2.23. The molecule has 0 saturated carbocycles. The lowest BCUT2D eigenvalue weighted by Gasteiger charge is -2.01. The first-order chi connectivity index (χ1) is 5.74. The minimum absolute atomic E-state index is 0.624. The molecule has 0 aliphatic heterocycles. The zero-order chi connectivity index (χ0) is 8.97. The Bertz CT molecular complexity index is 235. The number of nitrogens with zero attached hydrogens (tertiary/aromatic N) is 1. The van der Waals surface area contributed by atoms with Crippen LogP contribution in [0, 0.1) is 0 Å². The molecule has 67 valence electrons. The van der Waals surface area contributed by atoms with Crippen molar-refractivity contribution in [1.29, 1.82) is 0 Å². The van der Waals surface area contributed by atoms with Gasteiger partial charge in [0.15, 0.2) is 0 Å². The highest BCUT2D eigenvalue weighted by molar-refractivity contribution is 7.99. The maximum atomic E-state index is 10.9. The molecule has 0 fully saturated rings. The van der Waals surface area contributed by atoms with Crippen LogP contribution in [0.1, 0.15) is 26.0 Å². The monoisotopic (exact) mass is 185 g/mol. The van der Waals surface area contributed by atoms with E-state index in [1.165, 1.54) is 11.8 Å². The topological polar surface area (TPSA) is 48.6 Å². The molecule has 4 heteroatoms. The summed E-state index contributed by atoms with van der Waals surface area (Å²) in [5.74, 6) is 0. The van der Waals surface area contributed by atoms with Gasteiger partial charge in [-0.1, -0.05) is 25.1 Å². The van der Waals surface area contributed by atoms with Gasteiger partial charge in [0, 0.05) is 0 Å². The zero-order valence-electron chi connectivity index (χ0n) is 7.33. The first kappa shape index (κ1) is 9.61. The maximum absolute atomic E-state index is 10.9. The molecule has 0 spiro atoms. The Labute approximate surface area is 76.6 Å². The molecule has 1 radical (unpaired) electrons. The molecule has 3 nitrogen and oxygen atoms in total. The number of rotatable bonds is 4. The van der Waals surface area contributed by atoms with Crippen LogP contribution in [0.4, 0.5) is 0 Å². The largest absolute Gasteiger partial charge is 0.340 e. The average Bonchev–Trinajstić information content (AvgIpc) is 2.37. The summed E-state index contributed by atoms with van der Waals surface area (Å²) in [6.07, 6.45) is 3.65. The summed E-state index contributed by atoms with van der Waals surface area (Å²) >= 11 is 1.30. The Morgan fingerprint density at radius 2 is 2.50 bits per heavy atom. The van der Waals surface area contributed by atoms with Crippen molar-refractivity contribution in [3.8, 4) is 0 Å². The van der Waals surface area contributed by atoms with Crippen molar-refractivity contribution in [3.05, 3.63) is 12.0 Å². The molecule has 1 aromatic heterocycles. The van der Waals surface area contributed by atoms with Gasteiger partial charge in [0.1, 0.15) is 5.44 Å². The number of hydrogen-bond acceptors (Lipinski definition) is 2. The third-order valence-corrected chi connectivity index (χ3v) is 2.37. The fourth-order valence-corrected chi connectivity index (χ4v) is 1.74. The third kappa shape index (κ3) is 2.53. The molecule has 1 rings (SSSR count). The second-order valence-corrected chi connectivity index (χ2v) is 3.92. The van der Waals surface area contributed by atoms with Crippen molar-refractivity contribution in [2.24, 2.45) is 0 Å². The van der Waals surface area contributed by atoms with Gasteiger partial charge < -0.3 is 4.98 Å². The van der Waals surface area contributed by atoms with Crippen molar-refractivity contribution in [3.63, 3.8) is 0 Å². The van der Waals surface area contributed by atoms with Crippen molar-refractivity contribution in [2.75, 3.05) is 0 Å². The summed E-state index contributed by atoms with van der Waals surface area (Å²) < 4.78 is 0. The fourth-order valence-electron chi connectivity index (χ4n) is 0.994. The quantitative estimate of drug-likeness (QED) is 0.577. The highest BCUT2D eigenvalue weighted by Gasteiger charge is 2.08. The SMILES string of the molecule is CCCc1nc[nH]c1SC(C)[O]. The Balaban J connectivity index is 2.63. The van der Waals surface area contributed by atoms with Gasteiger partial charge in [-0.15, -0.1) is 0 Å². The van der Waals surface area contributed by atoms with Crippen LogP contribution in [0.25, 0.3) is 0 Å². The first-order valence-corrected chi connectivity index (χ1v) is 4.96. The Morgan fingerprint density at radius 1 is 1.75 bits per heavy atom. The summed E-state index contributed by atoms with van der Waals surface area (Å²) in [5.41, 5.74) is 0.395. The standard InChI is InChI=1S/C8H13N2OS/c1-3-4-7-8(10-5-9-7)12-6(2)11/h5-6H,3-4H2,1-2H3,(H,9,10). The van der Waals surface area contributed by atoms with E-state index in [-0.39, 0.29) is 0 Å². The van der Waals surface area contributed by atoms with E-state index in [1.54, 1.807) is 13.3 Å². The van der Waals surface area contributed by atoms with E-state index in [0.717, 1.165) is 23.6 Å². The van der Waals surface area contributed by atoms with Crippen LogP contribution in [-0.2, 0) is 11.5 Å². The predicted molar refractivity (Wildman–Crippen MR) is 48.6 cm³/mol. The van der Waals surface area contributed by atoms with Crippen molar-refractivity contribution >= 4 is 11.8 Å². The molecule has 1 unspecified atom stereocenters. The van der Waals surface area contributed by atoms with Gasteiger partial charge in [-0.25, -0.2) is 10.1 Å². The number of imidazole rings is 1. The van der Waals surface area contributed by atoms with E-state index in [0.29, 0.717) is 0 Å². The molecule has 0 aliphatic carbocycles. The van der Waals surface area contributed by atoms with Gasteiger partial charge in [-0.05, 0) is 13.3 Å². The summed E-state index contributed by atoms with van der Waals surface area (Å²) in [5, 5.41) is 11.8. The minimum atomic E-state index is -0.624. The number of aromatic amines is 1. The van der Waals surface area contributed by atoms with Crippen molar-refractivity contribution in [1.82, 2.24) is 9.97 Å². The van der Waals surface area contributed by atoms with E-state index in [1.807, 2.05) is 0 Å². The van der Waals surface area contributed by atoms with Crippen LogP contribution in [0.3, 0.4) is 0 Å². The lowest BCUT2D eigenvalue weighted by molar-refractivity contribution is 0.181. The summed E-state index contributed by atoms with van der Waals surface area (Å²) in [6, 6.07) is 0. The molecule has 1 atom stereocenters. The number of nitrogens with one attached hydrogen (secondary N) is 1. The third-order valence-electron chi connectivity index (χ3n) is 1.45. The fraction of sp³-hybridized carbons (Fsp3) is 0.625. The Hall–Kier alpha value is -0.480. The lowest BCUT2D eigenvalue weighted by Crippen LogP contribution is -1.92. The first-order valence-electron chi connectivity index (χ1n) is 4.08. The number of aryl methyl sites for hydroxylation is 1. The molecule has 0 aliphatic rings. The number of aromatic nitrogens is 2. The van der Waals surface area contributed by atoms with E-state index in [2.05, 4.69) is 16.9 Å². The zero-order valence-corrected chi connectivity index (χ0v) is 8.15. The molecule has 1 heterocycles. The summed E-state index contributed by atoms with van der Waals surface area (Å²) in [6.45, 7) is 3.74. The molecular formula is C8H13N2OS. The van der Waals surface area contributed by atoms with Gasteiger partial charge in [0.25, 0.3) is 0 Å². The smallest absolute Gasteiger partial charge is 0.141 e. The van der Waals surface area contributed by atoms with Crippen molar-refractivity contribution < 1.29 is 5.11 Å². The van der Waals surface area contributed by atoms with Gasteiger partial charge in [-0.2, -0.15) is 0 Å². The molecule has 12 heavy (non-hydrogen) atoms. The maximum Gasteiger partial charge on any atom is 0.141 e. The molecule has 0 saturated heterocycles. The number of H-pyrrole nitrogens is 1. The minimum Gasteiger partial charge on any atom is -0.340 e. The summed E-state index contributed by atoms with van der Waals surface area (Å²) in [7, 11) is 0. The number of hydrogen-bond donors (Lipinski definition) is 1. The van der Waals surface area contributed by atoms with E-state index in [4.69, 9.17) is 0 Å². The second-order valence-electron chi connectivity index (χ2n) is 2.61. The highest BCUT2D eigenvalue weighted by Crippen LogP contribution is 2.23. The normalized spacial score (nSPS) is 13.2. The van der Waals surface area contributed by atoms with Gasteiger partial charge >= 0.3 is 0 Å². The van der Waals surface area contributed by atoms with Gasteiger partial charge in [0.05, 0.1) is 17.0 Å². The van der Waals surface area contributed by atoms with E-state index >= 15 is 0 Å². The number of thioether (sulfide) groups is 1. The van der Waals surface area contributed by atoms with Gasteiger partial charge in [-0.3, -0.25) is 0 Å². The lowest BCUT2D eigenvalue weighted by atomic mass is 10.3. The van der Waals surface area contributed by atoms with Crippen LogP contribution >= 0.6 is 11.8 Å². The molecule has 0 aromatic carbocycles. The Morgan fingerprint density at radius 3 is 3.08 bits per heavy atom. The molecule has 0 amide bonds. The van der Waals surface area contributed by atoms with Crippen LogP contribution in [-0.4, -0.2) is 15.4 Å². The van der Waals surface area contributed by atoms with E-state index in [9.17, 15) is 5.11 Å². The highest BCUT2D eigenvalue weighted by atomic mass is 32.2. The van der Waals surface area contributed by atoms with Crippen molar-refractivity contribution in [2.45, 2.75) is 37.2 Å².